The van der Waals surface area contributed by atoms with E-state index in [0.29, 0.717) is 55.0 Å². The Labute approximate surface area is 293 Å². The van der Waals surface area contributed by atoms with Crippen LogP contribution in [-0.2, 0) is 14.2 Å². The molecule has 1 aromatic heterocycles. The maximum atomic E-state index is 13.0. The molecule has 276 valence electrons. The molecule has 1 saturated heterocycles. The molecular weight excluding hydrogens is 622 g/mol. The molecule has 1 amide bonds. The van der Waals surface area contributed by atoms with E-state index in [-0.39, 0.29) is 45.7 Å². The summed E-state index contributed by atoms with van der Waals surface area (Å²) in [6.45, 7) is 16.6. The lowest BCUT2D eigenvalue weighted by atomic mass is 9.41. The predicted molar refractivity (Wildman–Crippen MR) is 184 cm³/mol. The molecule has 0 radical (unpaired) electrons. The van der Waals surface area contributed by atoms with Crippen LogP contribution in [0.2, 0.25) is 0 Å². The molecule has 3 N–H and O–H groups in total. The molecule has 0 bridgehead atoms. The van der Waals surface area contributed by atoms with Gasteiger partial charge in [-0.15, -0.1) is 0 Å². The molecule has 1 aliphatic heterocycles. The van der Waals surface area contributed by atoms with E-state index in [0.717, 1.165) is 38.5 Å². The average molecular weight is 686 g/mol. The molecule has 0 aromatic carbocycles. The highest BCUT2D eigenvalue weighted by Gasteiger charge is 2.83. The fourth-order valence-corrected chi connectivity index (χ4v) is 13.5. The van der Waals surface area contributed by atoms with Gasteiger partial charge in [-0.2, -0.15) is 0 Å². The molecule has 1 aromatic rings. The number of hydrogen-bond donors (Lipinski definition) is 3. The van der Waals surface area contributed by atoms with E-state index in [9.17, 15) is 20.1 Å². The summed E-state index contributed by atoms with van der Waals surface area (Å²) < 4.78 is 24.0. The van der Waals surface area contributed by atoms with Crippen molar-refractivity contribution in [3.05, 3.63) is 24.2 Å². The number of aliphatic hydroxyl groups is 3. The van der Waals surface area contributed by atoms with Crippen molar-refractivity contribution in [2.24, 2.45) is 50.7 Å². The first kappa shape index (κ1) is 35.9. The zero-order chi connectivity index (χ0) is 35.4. The summed E-state index contributed by atoms with van der Waals surface area (Å²) in [6.07, 6.45) is 8.81. The van der Waals surface area contributed by atoms with Crippen molar-refractivity contribution in [3.8, 4) is 0 Å². The van der Waals surface area contributed by atoms with E-state index in [4.69, 9.17) is 18.6 Å². The number of nitrogens with zero attached hydrogens (tertiary/aromatic N) is 1. The first-order valence-corrected chi connectivity index (χ1v) is 19.2. The monoisotopic (exact) mass is 685 g/mol. The van der Waals surface area contributed by atoms with Crippen molar-refractivity contribution in [1.82, 2.24) is 4.90 Å². The van der Waals surface area contributed by atoms with Gasteiger partial charge in [-0.1, -0.05) is 34.6 Å². The zero-order valence-corrected chi connectivity index (χ0v) is 31.2. The first-order valence-electron chi connectivity index (χ1n) is 19.2. The van der Waals surface area contributed by atoms with Gasteiger partial charge >= 0.3 is 0 Å². The van der Waals surface area contributed by atoms with Gasteiger partial charge in [0.25, 0.3) is 5.91 Å². The van der Waals surface area contributed by atoms with Crippen LogP contribution in [0.1, 0.15) is 117 Å². The van der Waals surface area contributed by atoms with Crippen LogP contribution in [0.3, 0.4) is 0 Å². The van der Waals surface area contributed by atoms with Gasteiger partial charge in [0.05, 0.1) is 43.3 Å². The fraction of sp³-hybridized carbons (Fsp3) is 0.875. The third-order valence-electron chi connectivity index (χ3n) is 16.2. The summed E-state index contributed by atoms with van der Waals surface area (Å²) >= 11 is 0. The standard InChI is InChI=1S/C40H63NO8/c1-24(20-27(46-8)33(43)36(4,5)45)25-21-30(42)38(7)29-12-11-28-35(2,3)31(13-14-39(28)23-40(29,39)16-15-37(25,38)6)49-32-22-41(17-19-48-32)34(44)26-10-9-18-47-26/h9-10,18,24-25,27-33,42-43,45H,11-17,19-23H2,1-8H3/t24-,25-,27?,28+,29?,30+,31?,32+,33?,37?,38-,39?,40?/m1/s1. The van der Waals surface area contributed by atoms with Crippen LogP contribution in [0.25, 0.3) is 0 Å². The lowest BCUT2D eigenvalue weighted by molar-refractivity contribution is -0.245. The lowest BCUT2D eigenvalue weighted by Gasteiger charge is -2.64. The first-order chi connectivity index (χ1) is 23.0. The highest BCUT2D eigenvalue weighted by Crippen LogP contribution is 2.89. The van der Waals surface area contributed by atoms with Crippen LogP contribution >= 0.6 is 0 Å². The number of aliphatic hydroxyl groups excluding tert-OH is 2. The van der Waals surface area contributed by atoms with Crippen LogP contribution < -0.4 is 0 Å². The zero-order valence-electron chi connectivity index (χ0n) is 31.2. The number of carbonyl (C=O) groups excluding carboxylic acids is 1. The molecule has 9 heteroatoms. The number of ether oxygens (including phenoxy) is 3. The maximum absolute atomic E-state index is 13.0. The predicted octanol–water partition coefficient (Wildman–Crippen LogP) is 6.05. The Morgan fingerprint density at radius 2 is 1.82 bits per heavy atom. The third-order valence-corrected chi connectivity index (χ3v) is 16.2. The summed E-state index contributed by atoms with van der Waals surface area (Å²) in [4.78, 5) is 14.8. The Hall–Kier alpha value is -1.49. The van der Waals surface area contributed by atoms with Crippen molar-refractivity contribution in [2.75, 3.05) is 26.8 Å². The van der Waals surface area contributed by atoms with E-state index in [1.54, 1.807) is 38.0 Å². The molecule has 5 aliphatic carbocycles. The fourth-order valence-electron chi connectivity index (χ4n) is 13.5. The summed E-state index contributed by atoms with van der Waals surface area (Å²) in [7, 11) is 1.62. The van der Waals surface area contributed by atoms with Gasteiger partial charge in [0.1, 0.15) is 6.10 Å². The van der Waals surface area contributed by atoms with E-state index in [1.165, 1.54) is 19.1 Å². The van der Waals surface area contributed by atoms with Gasteiger partial charge in [-0.25, -0.2) is 0 Å². The summed E-state index contributed by atoms with van der Waals surface area (Å²) in [6, 6.07) is 3.45. The van der Waals surface area contributed by atoms with E-state index in [2.05, 4.69) is 34.6 Å². The number of methoxy groups -OCH3 is 1. The number of rotatable bonds is 9. The molecule has 2 heterocycles. The third kappa shape index (κ3) is 5.17. The van der Waals surface area contributed by atoms with Crippen LogP contribution in [0.5, 0.6) is 0 Å². The SMILES string of the molecule is COC(C[C@@H](C)[C@H]1C[C@H](O)[C@@]2(C)C3CC[C@H]4C(C)(C)C(O[C@H]5CN(C(=O)c6ccco6)CCO5)CCC45CC35CCC12C)C(O)C(C)(C)O. The van der Waals surface area contributed by atoms with E-state index in [1.807, 2.05) is 0 Å². The number of amides is 1. The molecule has 7 unspecified atom stereocenters. The summed E-state index contributed by atoms with van der Waals surface area (Å²) in [5.41, 5.74) is -0.903. The minimum absolute atomic E-state index is 0.0105. The summed E-state index contributed by atoms with van der Waals surface area (Å²) in [5.74, 6) is 1.83. The van der Waals surface area contributed by atoms with Crippen molar-refractivity contribution >= 4 is 5.91 Å². The van der Waals surface area contributed by atoms with E-state index < -0.39 is 24.1 Å². The van der Waals surface area contributed by atoms with Crippen molar-refractivity contribution in [1.29, 1.82) is 0 Å². The van der Waals surface area contributed by atoms with Crippen LogP contribution in [0.4, 0.5) is 0 Å². The van der Waals surface area contributed by atoms with Crippen molar-refractivity contribution in [2.45, 2.75) is 143 Å². The Balaban J connectivity index is 1.06. The second kappa shape index (κ2) is 12.0. The van der Waals surface area contributed by atoms with E-state index >= 15 is 0 Å². The maximum Gasteiger partial charge on any atom is 0.289 e. The quantitative estimate of drug-likeness (QED) is 0.288. The molecule has 6 aliphatic rings. The van der Waals surface area contributed by atoms with Gasteiger partial charge < -0.3 is 38.8 Å². The highest BCUT2D eigenvalue weighted by molar-refractivity contribution is 5.91. The molecule has 2 spiro atoms. The lowest BCUT2D eigenvalue weighted by Crippen LogP contribution is -2.60. The minimum Gasteiger partial charge on any atom is -0.459 e. The average Bonchev–Trinajstić information content (AvgIpc) is 3.30. The normalized spacial score (nSPS) is 44.6. The second-order valence-corrected chi connectivity index (χ2v) is 18.8. The molecular formula is C40H63NO8. The number of morpholine rings is 1. The number of carbonyl (C=O) groups is 1. The van der Waals surface area contributed by atoms with Gasteiger partial charge in [-0.05, 0) is 129 Å². The number of fused-ring (bicyclic) bond motifs is 2. The highest BCUT2D eigenvalue weighted by atomic mass is 16.7. The number of furan rings is 1. The van der Waals surface area contributed by atoms with Crippen molar-refractivity contribution in [3.63, 3.8) is 0 Å². The molecule has 5 saturated carbocycles. The van der Waals surface area contributed by atoms with Crippen LogP contribution in [0.15, 0.2) is 22.8 Å². The molecule has 49 heavy (non-hydrogen) atoms. The van der Waals surface area contributed by atoms with Crippen molar-refractivity contribution < 1.29 is 38.7 Å². The Morgan fingerprint density at radius 3 is 2.49 bits per heavy atom. The molecule has 9 nitrogen and oxygen atoms in total. The number of hydrogen-bond acceptors (Lipinski definition) is 8. The second-order valence-electron chi connectivity index (χ2n) is 18.8. The molecule has 13 atom stereocenters. The summed E-state index contributed by atoms with van der Waals surface area (Å²) in [5, 5.41) is 33.6. The smallest absolute Gasteiger partial charge is 0.289 e. The minimum atomic E-state index is -1.24. The largest absolute Gasteiger partial charge is 0.459 e. The van der Waals surface area contributed by atoms with Crippen LogP contribution in [0, 0.1) is 50.7 Å². The Bertz CT molecular complexity index is 1370. The molecule has 7 rings (SSSR count). The Morgan fingerprint density at radius 1 is 1.10 bits per heavy atom. The Kier molecular flexibility index (Phi) is 8.81. The van der Waals surface area contributed by atoms with Crippen LogP contribution in [-0.4, -0.2) is 89.2 Å². The topological polar surface area (TPSA) is 122 Å². The van der Waals surface area contributed by atoms with Gasteiger partial charge in [0, 0.05) is 19.1 Å². The van der Waals surface area contributed by atoms with Gasteiger partial charge in [0.2, 0.25) is 0 Å². The van der Waals surface area contributed by atoms with Gasteiger partial charge in [-0.3, -0.25) is 4.79 Å². The van der Waals surface area contributed by atoms with Gasteiger partial charge in [0.15, 0.2) is 12.1 Å². The molecule has 6 fully saturated rings.